The highest BCUT2D eigenvalue weighted by atomic mass is 35.5. The number of hydrogen-bond acceptors (Lipinski definition) is 6. The van der Waals surface area contributed by atoms with E-state index in [1.54, 1.807) is 55.5 Å². The largest absolute Gasteiger partial charge is 0.497 e. The molecule has 0 aromatic heterocycles. The number of carbonyl (C=O) groups is 1. The highest BCUT2D eigenvalue weighted by Gasteiger charge is 2.28. The van der Waals surface area contributed by atoms with Gasteiger partial charge in [0.25, 0.3) is 20.0 Å². The van der Waals surface area contributed by atoms with Gasteiger partial charge in [-0.05, 0) is 80.1 Å². The van der Waals surface area contributed by atoms with Gasteiger partial charge in [0.05, 0.1) is 28.3 Å². The van der Waals surface area contributed by atoms with Crippen LogP contribution in [0.1, 0.15) is 11.1 Å². The smallest absolute Gasteiger partial charge is 0.264 e. The number of aryl methyl sites for hydroxylation is 1. The minimum atomic E-state index is -4.13. The van der Waals surface area contributed by atoms with E-state index in [9.17, 15) is 21.6 Å². The maximum Gasteiger partial charge on any atom is 0.264 e. The van der Waals surface area contributed by atoms with Crippen LogP contribution in [0.5, 0.6) is 5.75 Å². The highest BCUT2D eigenvalue weighted by Crippen LogP contribution is 2.28. The summed E-state index contributed by atoms with van der Waals surface area (Å²) in [6, 6.07) is 23.1. The van der Waals surface area contributed by atoms with Gasteiger partial charge in [0.2, 0.25) is 5.91 Å². The van der Waals surface area contributed by atoms with E-state index in [0.717, 1.165) is 9.87 Å². The van der Waals surface area contributed by atoms with Gasteiger partial charge in [0, 0.05) is 16.8 Å². The number of amides is 1. The Hall–Kier alpha value is -4.06. The molecule has 0 atom stereocenters. The third-order valence-electron chi connectivity index (χ3n) is 6.20. The van der Waals surface area contributed by atoms with Crippen molar-refractivity contribution in [1.82, 2.24) is 0 Å². The van der Waals surface area contributed by atoms with Crippen molar-refractivity contribution >= 4 is 54.6 Å². The zero-order valence-electron chi connectivity index (χ0n) is 22.5. The number of carbonyl (C=O) groups excluding carboxylic acids is 1. The van der Waals surface area contributed by atoms with Crippen LogP contribution in [0.15, 0.2) is 101 Å². The normalized spacial score (nSPS) is 11.5. The topological polar surface area (TPSA) is 122 Å². The van der Waals surface area contributed by atoms with Crippen molar-refractivity contribution in [3.05, 3.63) is 107 Å². The standard InChI is InChI=1S/C29H28ClN3O6S2/c1-20-10-14-26(15-11-20)41(37,38)33(23-6-4-7-24(18-23)39-3)19-29(34)31-22-12-16-25(17-13-22)40(35,36)32-28-9-5-8-27(30)21(28)2/h4-18,32H,19H2,1-3H3,(H,31,34). The van der Waals surface area contributed by atoms with E-state index in [1.807, 2.05) is 6.92 Å². The first kappa shape index (κ1) is 29.9. The first-order valence-electron chi connectivity index (χ1n) is 12.3. The molecule has 2 N–H and O–H groups in total. The second kappa shape index (κ2) is 12.2. The van der Waals surface area contributed by atoms with Crippen molar-refractivity contribution in [2.24, 2.45) is 0 Å². The third kappa shape index (κ3) is 6.99. The number of benzene rings is 4. The molecule has 4 rings (SSSR count). The van der Waals surface area contributed by atoms with Crippen LogP contribution in [0.3, 0.4) is 0 Å². The summed E-state index contributed by atoms with van der Waals surface area (Å²) in [5.74, 6) is -0.211. The van der Waals surface area contributed by atoms with Crippen LogP contribution < -0.4 is 19.1 Å². The van der Waals surface area contributed by atoms with E-state index < -0.39 is 32.5 Å². The van der Waals surface area contributed by atoms with Crippen LogP contribution in [0.4, 0.5) is 17.1 Å². The van der Waals surface area contributed by atoms with Gasteiger partial charge < -0.3 is 10.1 Å². The van der Waals surface area contributed by atoms with Crippen LogP contribution in [-0.4, -0.2) is 36.4 Å². The molecule has 0 fully saturated rings. The first-order chi connectivity index (χ1) is 19.4. The van der Waals surface area contributed by atoms with Gasteiger partial charge in [-0.15, -0.1) is 0 Å². The van der Waals surface area contributed by atoms with Gasteiger partial charge in [-0.2, -0.15) is 0 Å². The van der Waals surface area contributed by atoms with Crippen LogP contribution in [0.2, 0.25) is 5.02 Å². The summed E-state index contributed by atoms with van der Waals surface area (Å²) in [5.41, 5.74) is 2.35. The summed E-state index contributed by atoms with van der Waals surface area (Å²) in [6.45, 7) is 3.00. The summed E-state index contributed by atoms with van der Waals surface area (Å²) < 4.78 is 61.7. The average molecular weight is 614 g/mol. The molecule has 4 aromatic carbocycles. The van der Waals surface area contributed by atoms with E-state index in [1.165, 1.54) is 49.6 Å². The molecule has 0 radical (unpaired) electrons. The third-order valence-corrected chi connectivity index (χ3v) is 9.78. The molecular formula is C29H28ClN3O6S2. The molecule has 0 aliphatic heterocycles. The van der Waals surface area contributed by atoms with Gasteiger partial charge in [0.15, 0.2) is 0 Å². The van der Waals surface area contributed by atoms with Gasteiger partial charge in [-0.3, -0.25) is 13.8 Å². The van der Waals surface area contributed by atoms with Crippen LogP contribution >= 0.6 is 11.6 Å². The Balaban J connectivity index is 1.55. The monoisotopic (exact) mass is 613 g/mol. The van der Waals surface area contributed by atoms with E-state index in [2.05, 4.69) is 10.0 Å². The molecule has 0 heterocycles. The summed E-state index contributed by atoms with van der Waals surface area (Å²) in [6.07, 6.45) is 0. The molecule has 0 spiro atoms. The Morgan fingerprint density at radius 3 is 2.15 bits per heavy atom. The Morgan fingerprint density at radius 2 is 1.49 bits per heavy atom. The molecule has 41 heavy (non-hydrogen) atoms. The number of rotatable bonds is 10. The van der Waals surface area contributed by atoms with Crippen molar-refractivity contribution in [2.75, 3.05) is 28.0 Å². The number of methoxy groups -OCH3 is 1. The van der Waals surface area contributed by atoms with Gasteiger partial charge in [0.1, 0.15) is 12.3 Å². The number of sulfonamides is 2. The van der Waals surface area contributed by atoms with Crippen LogP contribution in [-0.2, 0) is 24.8 Å². The van der Waals surface area contributed by atoms with Crippen LogP contribution in [0.25, 0.3) is 0 Å². The second-order valence-corrected chi connectivity index (χ2v) is 13.1. The average Bonchev–Trinajstić information content (AvgIpc) is 2.94. The van der Waals surface area contributed by atoms with E-state index in [-0.39, 0.29) is 21.2 Å². The molecule has 12 heteroatoms. The van der Waals surface area contributed by atoms with Crippen molar-refractivity contribution in [2.45, 2.75) is 23.6 Å². The molecule has 214 valence electrons. The maximum atomic E-state index is 13.6. The van der Waals surface area contributed by atoms with Gasteiger partial charge in [-0.25, -0.2) is 16.8 Å². The van der Waals surface area contributed by atoms with Crippen molar-refractivity contribution in [3.63, 3.8) is 0 Å². The fourth-order valence-corrected chi connectivity index (χ4v) is 6.60. The molecule has 0 saturated heterocycles. The number of nitrogens with one attached hydrogen (secondary N) is 2. The Bertz CT molecular complexity index is 1780. The Labute approximate surface area is 244 Å². The minimum absolute atomic E-state index is 0.0238. The molecule has 0 saturated carbocycles. The molecule has 0 unspecified atom stereocenters. The predicted octanol–water partition coefficient (Wildman–Crippen LogP) is 5.60. The fourth-order valence-electron chi connectivity index (χ4n) is 3.89. The lowest BCUT2D eigenvalue weighted by atomic mass is 10.2. The second-order valence-electron chi connectivity index (χ2n) is 9.12. The molecule has 9 nitrogen and oxygen atoms in total. The lowest BCUT2D eigenvalue weighted by Gasteiger charge is -2.24. The summed E-state index contributed by atoms with van der Waals surface area (Å²) in [4.78, 5) is 13.1. The molecular weight excluding hydrogens is 586 g/mol. The zero-order chi connectivity index (χ0) is 29.8. The van der Waals surface area contributed by atoms with Crippen molar-refractivity contribution in [1.29, 1.82) is 0 Å². The summed E-state index contributed by atoms with van der Waals surface area (Å²) in [5, 5.41) is 3.07. The lowest BCUT2D eigenvalue weighted by molar-refractivity contribution is -0.114. The van der Waals surface area contributed by atoms with Gasteiger partial charge in [-0.1, -0.05) is 41.4 Å². The Kier molecular flexibility index (Phi) is 8.91. The number of nitrogens with zero attached hydrogens (tertiary/aromatic N) is 1. The number of ether oxygens (including phenoxy) is 1. The molecule has 1 amide bonds. The molecule has 0 aliphatic carbocycles. The number of halogens is 1. The number of hydrogen-bond donors (Lipinski definition) is 2. The minimum Gasteiger partial charge on any atom is -0.497 e. The highest BCUT2D eigenvalue weighted by molar-refractivity contribution is 7.93. The SMILES string of the molecule is COc1cccc(N(CC(=O)Nc2ccc(S(=O)(=O)Nc3cccc(Cl)c3C)cc2)S(=O)(=O)c2ccc(C)cc2)c1. The predicted molar refractivity (Wildman–Crippen MR) is 161 cm³/mol. The Morgan fingerprint density at radius 1 is 0.854 bits per heavy atom. The van der Waals surface area contributed by atoms with Gasteiger partial charge >= 0.3 is 0 Å². The molecule has 0 aliphatic rings. The quantitative estimate of drug-likeness (QED) is 0.240. The number of anilines is 3. The zero-order valence-corrected chi connectivity index (χ0v) is 24.8. The fraction of sp³-hybridized carbons (Fsp3) is 0.138. The maximum absolute atomic E-state index is 13.6. The van der Waals surface area contributed by atoms with E-state index in [0.29, 0.717) is 22.0 Å². The molecule has 4 aromatic rings. The lowest BCUT2D eigenvalue weighted by Crippen LogP contribution is -2.38. The van der Waals surface area contributed by atoms with Crippen molar-refractivity contribution in [3.8, 4) is 5.75 Å². The summed E-state index contributed by atoms with van der Waals surface area (Å²) >= 11 is 6.09. The van der Waals surface area contributed by atoms with Crippen LogP contribution in [0, 0.1) is 13.8 Å². The van der Waals surface area contributed by atoms with Crippen molar-refractivity contribution < 1.29 is 26.4 Å². The van der Waals surface area contributed by atoms with E-state index >= 15 is 0 Å². The first-order valence-corrected chi connectivity index (χ1v) is 15.6. The van der Waals surface area contributed by atoms with E-state index in [4.69, 9.17) is 16.3 Å². The molecule has 0 bridgehead atoms. The summed E-state index contributed by atoms with van der Waals surface area (Å²) in [7, 11) is -6.60.